The minimum atomic E-state index is -0.618. The number of nitrogens with one attached hydrogen (secondary N) is 1. The van der Waals surface area contributed by atoms with Crippen LogP contribution in [0.3, 0.4) is 0 Å². The second kappa shape index (κ2) is 9.13. The number of imide groups is 1. The average molecular weight is 463 g/mol. The molecule has 3 aromatic rings. The molecule has 4 rings (SSSR count). The number of carbonyl (C=O) groups is 3. The Morgan fingerprint density at radius 2 is 1.91 bits per heavy atom. The number of furan rings is 1. The van der Waals surface area contributed by atoms with E-state index in [9.17, 15) is 24.5 Å². The molecular weight excluding hydrogens is 446 g/mol. The third kappa shape index (κ3) is 4.85. The molecule has 1 saturated heterocycles. The van der Waals surface area contributed by atoms with Gasteiger partial charge in [0.05, 0.1) is 15.4 Å². The number of benzene rings is 2. The molecule has 0 atom stereocenters. The largest absolute Gasteiger partial charge is 0.456 e. The number of amides is 3. The number of nitro benzene ring substituents is 1. The van der Waals surface area contributed by atoms with Gasteiger partial charge >= 0.3 is 0 Å². The Balaban J connectivity index is 1.50. The Labute approximate surface area is 192 Å². The molecular formula is C23H17N3O6S. The van der Waals surface area contributed by atoms with Gasteiger partial charge in [-0.05, 0) is 54.6 Å². The quantitative estimate of drug-likeness (QED) is 0.315. The molecule has 3 amide bonds. The zero-order chi connectivity index (χ0) is 23.5. The van der Waals surface area contributed by atoms with E-state index in [2.05, 4.69) is 5.32 Å². The van der Waals surface area contributed by atoms with Gasteiger partial charge in [-0.2, -0.15) is 0 Å². The van der Waals surface area contributed by atoms with Gasteiger partial charge in [0.2, 0.25) is 5.91 Å². The van der Waals surface area contributed by atoms with E-state index < -0.39 is 28.5 Å². The minimum absolute atomic E-state index is 0.0896. The summed E-state index contributed by atoms with van der Waals surface area (Å²) in [7, 11) is 0. The van der Waals surface area contributed by atoms with Gasteiger partial charge in [0.25, 0.3) is 16.8 Å². The highest BCUT2D eigenvalue weighted by Crippen LogP contribution is 2.35. The summed E-state index contributed by atoms with van der Waals surface area (Å²) in [6.45, 7) is 1.33. The molecule has 0 saturated carbocycles. The van der Waals surface area contributed by atoms with Crippen molar-refractivity contribution in [3.63, 3.8) is 0 Å². The third-order valence-corrected chi connectivity index (χ3v) is 5.66. The molecule has 1 fully saturated rings. The Kier molecular flexibility index (Phi) is 6.09. The van der Waals surface area contributed by atoms with Crippen LogP contribution in [-0.4, -0.2) is 33.4 Å². The fourth-order valence-electron chi connectivity index (χ4n) is 3.21. The Bertz CT molecular complexity index is 1300. The number of aryl methyl sites for hydroxylation is 1. The van der Waals surface area contributed by atoms with Crippen molar-refractivity contribution in [1.29, 1.82) is 0 Å². The summed E-state index contributed by atoms with van der Waals surface area (Å²) in [6, 6.07) is 16.6. The van der Waals surface area contributed by atoms with E-state index in [0.29, 0.717) is 23.0 Å². The van der Waals surface area contributed by atoms with Crippen LogP contribution < -0.4 is 5.32 Å². The number of rotatable bonds is 6. The molecule has 0 radical (unpaired) electrons. The maximum Gasteiger partial charge on any atom is 0.294 e. The summed E-state index contributed by atoms with van der Waals surface area (Å²) >= 11 is 0.690. The van der Waals surface area contributed by atoms with Gasteiger partial charge < -0.3 is 9.73 Å². The molecule has 9 nitrogen and oxygen atoms in total. The van der Waals surface area contributed by atoms with Gasteiger partial charge in [0, 0.05) is 17.8 Å². The van der Waals surface area contributed by atoms with Gasteiger partial charge in [0.1, 0.15) is 18.1 Å². The second-order valence-corrected chi connectivity index (χ2v) is 8.15. The van der Waals surface area contributed by atoms with Crippen LogP contribution in [0.25, 0.3) is 17.4 Å². The summed E-state index contributed by atoms with van der Waals surface area (Å²) in [5, 5.41) is 13.4. The number of nitro groups is 1. The Morgan fingerprint density at radius 1 is 1.15 bits per heavy atom. The topological polar surface area (TPSA) is 123 Å². The van der Waals surface area contributed by atoms with Crippen LogP contribution in [0.2, 0.25) is 0 Å². The van der Waals surface area contributed by atoms with Crippen molar-refractivity contribution in [3.05, 3.63) is 87.0 Å². The summed E-state index contributed by atoms with van der Waals surface area (Å²) < 4.78 is 5.69. The lowest BCUT2D eigenvalue weighted by Crippen LogP contribution is -2.36. The van der Waals surface area contributed by atoms with Crippen molar-refractivity contribution in [2.75, 3.05) is 11.9 Å². The van der Waals surface area contributed by atoms with E-state index in [1.807, 2.05) is 0 Å². The van der Waals surface area contributed by atoms with Crippen molar-refractivity contribution in [2.45, 2.75) is 6.92 Å². The van der Waals surface area contributed by atoms with Crippen LogP contribution in [0.15, 0.2) is 70.0 Å². The van der Waals surface area contributed by atoms with Gasteiger partial charge in [-0.25, -0.2) is 0 Å². The molecule has 0 bridgehead atoms. The molecule has 1 aromatic heterocycles. The van der Waals surface area contributed by atoms with E-state index in [0.717, 1.165) is 10.5 Å². The number of anilines is 1. The fraction of sp³-hybridized carbons (Fsp3) is 0.0870. The van der Waals surface area contributed by atoms with Crippen LogP contribution in [0, 0.1) is 17.0 Å². The molecule has 2 aromatic carbocycles. The van der Waals surface area contributed by atoms with Crippen molar-refractivity contribution in [3.8, 4) is 11.3 Å². The number of thioether (sulfide) groups is 1. The van der Waals surface area contributed by atoms with Gasteiger partial charge in [-0.3, -0.25) is 29.4 Å². The standard InChI is InChI=1S/C23H17N3O6S/c1-14-7-9-17(18(11-14)26(30)31)19-10-8-16(32-19)12-20-22(28)25(23(29)33-20)13-21(27)24-15-5-3-2-4-6-15/h2-12H,13H2,1H3,(H,24,27)/b20-12+. The van der Waals surface area contributed by atoms with E-state index in [1.54, 1.807) is 61.5 Å². The number of hydrogen-bond acceptors (Lipinski definition) is 7. The molecule has 0 unspecified atom stereocenters. The summed E-state index contributed by atoms with van der Waals surface area (Å²) in [4.78, 5) is 49.0. The van der Waals surface area contributed by atoms with Crippen LogP contribution in [0.1, 0.15) is 11.3 Å². The van der Waals surface area contributed by atoms with Crippen molar-refractivity contribution >= 4 is 46.3 Å². The summed E-state index contributed by atoms with van der Waals surface area (Å²) in [6.07, 6.45) is 1.38. The van der Waals surface area contributed by atoms with Crippen LogP contribution >= 0.6 is 11.8 Å². The smallest absolute Gasteiger partial charge is 0.294 e. The zero-order valence-corrected chi connectivity index (χ0v) is 18.1. The van der Waals surface area contributed by atoms with Gasteiger partial charge in [-0.1, -0.05) is 24.3 Å². The van der Waals surface area contributed by atoms with Crippen molar-refractivity contribution in [1.82, 2.24) is 4.90 Å². The van der Waals surface area contributed by atoms with E-state index in [4.69, 9.17) is 4.42 Å². The first-order valence-corrected chi connectivity index (χ1v) is 10.6. The van der Waals surface area contributed by atoms with E-state index in [1.165, 1.54) is 12.1 Å². The third-order valence-electron chi connectivity index (χ3n) is 4.75. The molecule has 1 N–H and O–H groups in total. The van der Waals surface area contributed by atoms with Gasteiger partial charge in [0.15, 0.2) is 0 Å². The maximum atomic E-state index is 12.7. The Hall–Kier alpha value is -4.18. The predicted molar refractivity (Wildman–Crippen MR) is 123 cm³/mol. The molecule has 2 heterocycles. The number of para-hydroxylation sites is 1. The first kappa shape index (κ1) is 22.0. The second-order valence-electron chi connectivity index (χ2n) is 7.16. The molecule has 0 spiro atoms. The Morgan fingerprint density at radius 3 is 2.64 bits per heavy atom. The van der Waals surface area contributed by atoms with Gasteiger partial charge in [-0.15, -0.1) is 0 Å². The highest BCUT2D eigenvalue weighted by molar-refractivity contribution is 8.18. The number of hydrogen-bond donors (Lipinski definition) is 1. The normalized spacial score (nSPS) is 14.7. The SMILES string of the molecule is Cc1ccc(-c2ccc(/C=C3/SC(=O)N(CC(=O)Nc4ccccc4)C3=O)o2)c([N+](=O)[O-])c1. The molecule has 166 valence electrons. The fourth-order valence-corrected chi connectivity index (χ4v) is 4.03. The number of carbonyl (C=O) groups excluding carboxylic acids is 3. The van der Waals surface area contributed by atoms with Crippen molar-refractivity contribution in [2.24, 2.45) is 0 Å². The highest BCUT2D eigenvalue weighted by Gasteiger charge is 2.36. The lowest BCUT2D eigenvalue weighted by molar-refractivity contribution is -0.384. The zero-order valence-electron chi connectivity index (χ0n) is 17.3. The molecule has 1 aliphatic heterocycles. The average Bonchev–Trinajstić information content (AvgIpc) is 3.34. The molecule has 0 aliphatic carbocycles. The van der Waals surface area contributed by atoms with E-state index >= 15 is 0 Å². The summed E-state index contributed by atoms with van der Waals surface area (Å²) in [5.74, 6) is -0.613. The minimum Gasteiger partial charge on any atom is -0.456 e. The van der Waals surface area contributed by atoms with Crippen molar-refractivity contribution < 1.29 is 23.7 Å². The maximum absolute atomic E-state index is 12.7. The highest BCUT2D eigenvalue weighted by atomic mass is 32.2. The van der Waals surface area contributed by atoms with Crippen LogP contribution in [0.4, 0.5) is 16.2 Å². The lowest BCUT2D eigenvalue weighted by atomic mass is 10.1. The monoisotopic (exact) mass is 463 g/mol. The first-order valence-electron chi connectivity index (χ1n) is 9.77. The summed E-state index contributed by atoms with van der Waals surface area (Å²) in [5.41, 5.74) is 1.50. The lowest BCUT2D eigenvalue weighted by Gasteiger charge is -2.12. The molecule has 1 aliphatic rings. The molecule has 33 heavy (non-hydrogen) atoms. The van der Waals surface area contributed by atoms with Crippen LogP contribution in [-0.2, 0) is 9.59 Å². The molecule has 10 heteroatoms. The van der Waals surface area contributed by atoms with E-state index in [-0.39, 0.29) is 22.1 Å². The number of nitrogens with zero attached hydrogens (tertiary/aromatic N) is 2. The first-order chi connectivity index (χ1) is 15.8. The predicted octanol–water partition coefficient (Wildman–Crippen LogP) is 4.84. The van der Waals surface area contributed by atoms with Crippen LogP contribution in [0.5, 0.6) is 0 Å².